The smallest absolute Gasteiger partial charge is 0.408 e. The maximum absolute atomic E-state index is 13.0. The maximum Gasteiger partial charge on any atom is 0.408 e. The highest BCUT2D eigenvalue weighted by atomic mass is 16.6. The highest BCUT2D eigenvalue weighted by Crippen LogP contribution is 2.30. The van der Waals surface area contributed by atoms with Crippen molar-refractivity contribution in [1.29, 1.82) is 0 Å². The fourth-order valence-electron chi connectivity index (χ4n) is 6.75. The predicted molar refractivity (Wildman–Crippen MR) is 177 cm³/mol. The van der Waals surface area contributed by atoms with E-state index < -0.39 is 5.92 Å². The van der Waals surface area contributed by atoms with Crippen molar-refractivity contribution >= 4 is 17.7 Å². The van der Waals surface area contributed by atoms with Gasteiger partial charge in [0, 0.05) is 30.8 Å². The molecule has 3 aromatic carbocycles. The minimum Gasteiger partial charge on any atom is -0.446 e. The van der Waals surface area contributed by atoms with E-state index in [4.69, 9.17) is 4.74 Å². The summed E-state index contributed by atoms with van der Waals surface area (Å²) in [5, 5.41) is 3.09. The SMILES string of the molecule is C=C(CN1CCC(OC(=O)NC(c2ccccc2)c2ccccc2)CC1)C[N+](C)(C)CCCCC1C(=O)c2ccccc2C1=O. The Bertz CT molecular complexity index is 1400. The van der Waals surface area contributed by atoms with Crippen LogP contribution in [0.2, 0.25) is 0 Å². The number of ether oxygens (including phenoxy) is 1. The van der Waals surface area contributed by atoms with Gasteiger partial charge in [0.05, 0.1) is 32.6 Å². The van der Waals surface area contributed by atoms with Gasteiger partial charge >= 0.3 is 6.09 Å². The number of nitrogens with zero attached hydrogens (tertiary/aromatic N) is 2. The molecular weight excluding hydrogens is 562 g/mol. The molecular formula is C38H46N3O4+. The van der Waals surface area contributed by atoms with Crippen molar-refractivity contribution in [2.24, 2.45) is 5.92 Å². The monoisotopic (exact) mass is 608 g/mol. The number of nitrogens with one attached hydrogen (secondary N) is 1. The molecule has 0 unspecified atom stereocenters. The summed E-state index contributed by atoms with van der Waals surface area (Å²) in [6, 6.07) is 26.8. The number of unbranched alkanes of at least 4 members (excludes halogenated alkanes) is 1. The second kappa shape index (κ2) is 14.8. The van der Waals surface area contributed by atoms with Crippen LogP contribution in [0.5, 0.6) is 0 Å². The normalized spacial score (nSPS) is 16.2. The van der Waals surface area contributed by atoms with Gasteiger partial charge in [0.25, 0.3) is 0 Å². The van der Waals surface area contributed by atoms with Crippen LogP contribution >= 0.6 is 0 Å². The first-order valence-corrected chi connectivity index (χ1v) is 16.2. The van der Waals surface area contributed by atoms with Gasteiger partial charge in [-0.25, -0.2) is 4.79 Å². The Balaban J connectivity index is 1.01. The fourth-order valence-corrected chi connectivity index (χ4v) is 6.75. The van der Waals surface area contributed by atoms with E-state index in [1.54, 1.807) is 12.1 Å². The van der Waals surface area contributed by atoms with E-state index in [1.165, 1.54) is 5.57 Å². The van der Waals surface area contributed by atoms with Crippen LogP contribution in [0.3, 0.4) is 0 Å². The highest BCUT2D eigenvalue weighted by molar-refractivity contribution is 6.26. The number of fused-ring (bicyclic) bond motifs is 1. The molecule has 0 saturated carbocycles. The molecule has 0 bridgehead atoms. The zero-order chi connectivity index (χ0) is 31.8. The van der Waals surface area contributed by atoms with E-state index in [0.29, 0.717) is 17.5 Å². The molecule has 0 aromatic heterocycles. The van der Waals surface area contributed by atoms with Gasteiger partial charge in [0.1, 0.15) is 12.6 Å². The Morgan fingerprint density at radius 2 is 1.40 bits per heavy atom. The Hall–Kier alpha value is -4.07. The van der Waals surface area contributed by atoms with Crippen molar-refractivity contribution in [2.45, 2.75) is 44.2 Å². The lowest BCUT2D eigenvalue weighted by Gasteiger charge is -2.35. The molecule has 45 heavy (non-hydrogen) atoms. The van der Waals surface area contributed by atoms with Crippen molar-refractivity contribution in [2.75, 3.05) is 46.8 Å². The molecule has 5 rings (SSSR count). The molecule has 1 N–H and O–H groups in total. The van der Waals surface area contributed by atoms with Gasteiger partial charge in [-0.3, -0.25) is 14.5 Å². The van der Waals surface area contributed by atoms with Crippen molar-refractivity contribution in [1.82, 2.24) is 10.2 Å². The summed E-state index contributed by atoms with van der Waals surface area (Å²) in [7, 11) is 4.42. The van der Waals surface area contributed by atoms with Crippen LogP contribution in [-0.2, 0) is 4.74 Å². The number of hydrogen-bond donors (Lipinski definition) is 1. The van der Waals surface area contributed by atoms with Crippen LogP contribution in [-0.4, -0.2) is 80.0 Å². The van der Waals surface area contributed by atoms with E-state index in [-0.39, 0.29) is 29.8 Å². The topological polar surface area (TPSA) is 75.7 Å². The van der Waals surface area contributed by atoms with Gasteiger partial charge in [-0.1, -0.05) is 91.5 Å². The van der Waals surface area contributed by atoms with Crippen molar-refractivity contribution in [3.63, 3.8) is 0 Å². The molecule has 1 heterocycles. The predicted octanol–water partition coefficient (Wildman–Crippen LogP) is 6.46. The number of amides is 1. The van der Waals surface area contributed by atoms with Gasteiger partial charge in [0.15, 0.2) is 11.6 Å². The minimum atomic E-state index is -0.514. The van der Waals surface area contributed by atoms with E-state index in [0.717, 1.165) is 74.0 Å². The Labute approximate surface area is 267 Å². The number of quaternary nitrogens is 1. The number of rotatable bonds is 13. The number of likely N-dealkylation sites (N-methyl/N-ethyl adjacent to an activating group) is 1. The van der Waals surface area contributed by atoms with Gasteiger partial charge < -0.3 is 14.5 Å². The third-order valence-electron chi connectivity index (χ3n) is 9.03. The molecule has 236 valence electrons. The lowest BCUT2D eigenvalue weighted by atomic mass is 9.97. The molecule has 3 aromatic rings. The standard InChI is InChI=1S/C38H45N3O4/c1-28(27-41(2,3)25-13-12-20-34-36(42)32-18-10-11-19-33(32)37(34)43)26-40-23-21-31(22-24-40)45-38(44)39-35(29-14-6-4-7-15-29)30-16-8-5-9-17-30/h4-11,14-19,31,34-35H,1,12-13,20-27H2,2-3H3/p+1. The Kier molecular flexibility index (Phi) is 10.6. The quantitative estimate of drug-likeness (QED) is 0.104. The van der Waals surface area contributed by atoms with E-state index in [2.05, 4.69) is 30.9 Å². The lowest BCUT2D eigenvalue weighted by Crippen LogP contribution is -2.45. The molecule has 0 atom stereocenters. The number of piperidine rings is 1. The van der Waals surface area contributed by atoms with Crippen LogP contribution in [0.4, 0.5) is 4.79 Å². The molecule has 1 aliphatic carbocycles. The van der Waals surface area contributed by atoms with Gasteiger partial charge in [-0.05, 0) is 48.8 Å². The molecule has 1 amide bonds. The molecule has 7 nitrogen and oxygen atoms in total. The average molecular weight is 609 g/mol. The molecule has 1 saturated heterocycles. The third kappa shape index (κ3) is 8.56. The third-order valence-corrected chi connectivity index (χ3v) is 9.03. The van der Waals surface area contributed by atoms with Crippen LogP contribution < -0.4 is 5.32 Å². The second-order valence-corrected chi connectivity index (χ2v) is 13.2. The van der Waals surface area contributed by atoms with E-state index in [9.17, 15) is 14.4 Å². The minimum absolute atomic E-state index is 0.0175. The summed E-state index contributed by atoms with van der Waals surface area (Å²) in [4.78, 5) is 40.7. The highest BCUT2D eigenvalue weighted by Gasteiger charge is 2.37. The largest absolute Gasteiger partial charge is 0.446 e. The first-order valence-electron chi connectivity index (χ1n) is 16.2. The molecule has 1 fully saturated rings. The first kappa shape index (κ1) is 32.3. The Morgan fingerprint density at radius 3 is 1.96 bits per heavy atom. The van der Waals surface area contributed by atoms with Crippen molar-refractivity contribution in [3.05, 3.63) is 119 Å². The molecule has 2 aliphatic rings. The van der Waals surface area contributed by atoms with Crippen molar-refractivity contribution < 1.29 is 23.6 Å². The van der Waals surface area contributed by atoms with Gasteiger partial charge in [-0.15, -0.1) is 0 Å². The van der Waals surface area contributed by atoms with Crippen LogP contribution in [0.25, 0.3) is 0 Å². The molecule has 0 radical (unpaired) electrons. The van der Waals surface area contributed by atoms with Crippen molar-refractivity contribution in [3.8, 4) is 0 Å². The summed E-state index contributed by atoms with van der Waals surface area (Å²) >= 11 is 0. The number of alkyl carbamates (subject to hydrolysis) is 1. The summed E-state index contributed by atoms with van der Waals surface area (Å²) in [5.74, 6) is -0.549. The van der Waals surface area contributed by atoms with E-state index in [1.807, 2.05) is 72.8 Å². The molecule has 7 heteroatoms. The zero-order valence-corrected chi connectivity index (χ0v) is 26.6. The second-order valence-electron chi connectivity index (χ2n) is 13.2. The summed E-state index contributed by atoms with van der Waals surface area (Å²) in [6.07, 6.45) is 3.50. The first-order chi connectivity index (χ1) is 21.7. The fraction of sp³-hybridized carbons (Fsp3) is 0.395. The summed E-state index contributed by atoms with van der Waals surface area (Å²) in [5.41, 5.74) is 4.37. The number of benzene rings is 3. The van der Waals surface area contributed by atoms with Crippen LogP contribution in [0.15, 0.2) is 97.1 Å². The number of likely N-dealkylation sites (tertiary alicyclic amines) is 1. The average Bonchev–Trinajstić information content (AvgIpc) is 3.28. The van der Waals surface area contributed by atoms with Gasteiger partial charge in [0.2, 0.25) is 0 Å². The number of ketones is 2. The van der Waals surface area contributed by atoms with Crippen LogP contribution in [0, 0.1) is 5.92 Å². The van der Waals surface area contributed by atoms with Gasteiger partial charge in [-0.2, -0.15) is 0 Å². The Morgan fingerprint density at radius 1 is 0.867 bits per heavy atom. The summed E-state index contributed by atoms with van der Waals surface area (Å²) < 4.78 is 6.69. The maximum atomic E-state index is 13.0. The molecule has 0 spiro atoms. The number of Topliss-reactive ketones (excluding diaryl/α,β-unsaturated/α-hetero) is 2. The zero-order valence-electron chi connectivity index (χ0n) is 26.6. The number of carbonyl (C=O) groups is 3. The molecule has 1 aliphatic heterocycles. The summed E-state index contributed by atoms with van der Waals surface area (Å²) in [6.45, 7) is 8.75. The number of hydrogen-bond acceptors (Lipinski definition) is 5. The number of carbonyl (C=O) groups excluding carboxylic acids is 3. The van der Waals surface area contributed by atoms with E-state index >= 15 is 0 Å². The van der Waals surface area contributed by atoms with Crippen LogP contribution in [0.1, 0.15) is 70.0 Å². The lowest BCUT2D eigenvalue weighted by molar-refractivity contribution is -0.885.